The molecule has 0 saturated carbocycles. The molecule has 0 aliphatic carbocycles. The summed E-state index contributed by atoms with van der Waals surface area (Å²) in [4.78, 5) is 10.8. The monoisotopic (exact) mass is 452 g/mol. The van der Waals surface area contributed by atoms with Gasteiger partial charge >= 0.3 is 0 Å². The fraction of sp³-hybridized carbons (Fsp3) is 0.955. The van der Waals surface area contributed by atoms with Crippen molar-refractivity contribution in [2.24, 2.45) is 0 Å². The molecule has 0 amide bonds. The fourth-order valence-corrected chi connectivity index (χ4v) is 2.32. The molecule has 0 rings (SSSR count). The number of hydrogen-bond acceptors (Lipinski definition) is 9. The Morgan fingerprint density at radius 3 is 1.10 bits per heavy atom. The molecule has 0 aromatic carbocycles. The van der Waals surface area contributed by atoms with Crippen molar-refractivity contribution in [2.75, 3.05) is 106 Å². The molecule has 0 heterocycles. The van der Waals surface area contributed by atoms with E-state index in [-0.39, 0.29) is 5.78 Å². The highest BCUT2D eigenvalue weighted by Gasteiger charge is 1.96. The highest BCUT2D eigenvalue weighted by atomic mass is 16.6. The predicted molar refractivity (Wildman–Crippen MR) is 117 cm³/mol. The van der Waals surface area contributed by atoms with Crippen molar-refractivity contribution in [1.82, 2.24) is 0 Å². The number of hydrogen-bond donors (Lipinski definition) is 0. The molecule has 0 fully saturated rings. The number of carbonyl (C=O) groups excluding carboxylic acids is 1. The number of carbonyl (C=O) groups is 1. The third kappa shape index (κ3) is 29.4. The maximum absolute atomic E-state index is 10.8. The highest BCUT2D eigenvalue weighted by molar-refractivity contribution is 5.75. The van der Waals surface area contributed by atoms with Crippen LogP contribution in [-0.4, -0.2) is 112 Å². The van der Waals surface area contributed by atoms with E-state index < -0.39 is 0 Å². The Hall–Kier alpha value is -0.650. The second-order valence-corrected chi connectivity index (χ2v) is 6.79. The molecule has 0 aliphatic heterocycles. The molecule has 9 nitrogen and oxygen atoms in total. The molecular weight excluding hydrogens is 408 g/mol. The third-order valence-electron chi connectivity index (χ3n) is 3.98. The van der Waals surface area contributed by atoms with Crippen molar-refractivity contribution >= 4 is 5.78 Å². The number of rotatable bonds is 27. The second kappa shape index (κ2) is 27.4. The molecule has 0 bridgehead atoms. The van der Waals surface area contributed by atoms with E-state index in [2.05, 4.69) is 0 Å². The minimum atomic E-state index is 0.255. The zero-order valence-corrected chi connectivity index (χ0v) is 19.6. The van der Waals surface area contributed by atoms with E-state index in [0.717, 1.165) is 25.9 Å². The molecule has 0 spiro atoms. The van der Waals surface area contributed by atoms with Crippen molar-refractivity contribution in [3.63, 3.8) is 0 Å². The molecule has 0 aromatic heterocycles. The molecule has 31 heavy (non-hydrogen) atoms. The minimum absolute atomic E-state index is 0.255. The number of ketones is 1. The summed E-state index contributed by atoms with van der Waals surface area (Å²) in [6, 6.07) is 0. The van der Waals surface area contributed by atoms with Crippen LogP contribution >= 0.6 is 0 Å². The lowest BCUT2D eigenvalue weighted by molar-refractivity contribution is -0.117. The summed E-state index contributed by atoms with van der Waals surface area (Å²) in [6.07, 6.45) is 3.64. The second-order valence-electron chi connectivity index (χ2n) is 6.79. The summed E-state index contributed by atoms with van der Waals surface area (Å²) in [5.74, 6) is 0.255. The molecular formula is C22H44O9. The normalized spacial score (nSPS) is 11.3. The summed E-state index contributed by atoms with van der Waals surface area (Å²) < 4.78 is 42.7. The first-order chi connectivity index (χ1) is 15.3. The van der Waals surface area contributed by atoms with E-state index in [0.29, 0.717) is 98.9 Å². The number of unbranched alkanes of at least 4 members (excludes halogenated alkanes) is 2. The standard InChI is InChI=1S/C22H44O9/c1-22(23)6-4-3-5-7-25-10-11-27-14-15-29-18-19-31-21-20-30-17-16-28-13-12-26-9-8-24-2/h3-21H2,1-2H3. The Labute approximate surface area is 187 Å². The van der Waals surface area contributed by atoms with Gasteiger partial charge in [-0.05, 0) is 19.8 Å². The number of methoxy groups -OCH3 is 1. The van der Waals surface area contributed by atoms with Crippen LogP contribution < -0.4 is 0 Å². The Morgan fingerprint density at radius 2 is 0.774 bits per heavy atom. The predicted octanol–water partition coefficient (Wildman–Crippen LogP) is 1.90. The number of ether oxygens (including phenoxy) is 8. The van der Waals surface area contributed by atoms with Crippen molar-refractivity contribution < 1.29 is 42.7 Å². The molecule has 0 aromatic rings. The Balaban J connectivity index is 3.00. The summed E-state index contributed by atoms with van der Waals surface area (Å²) in [7, 11) is 1.65. The van der Waals surface area contributed by atoms with Gasteiger partial charge in [0.05, 0.1) is 92.5 Å². The smallest absolute Gasteiger partial charge is 0.129 e. The molecule has 9 heteroatoms. The molecule has 0 N–H and O–H groups in total. The van der Waals surface area contributed by atoms with Crippen LogP contribution in [-0.2, 0) is 42.7 Å². The largest absolute Gasteiger partial charge is 0.382 e. The van der Waals surface area contributed by atoms with Gasteiger partial charge in [-0.25, -0.2) is 0 Å². The van der Waals surface area contributed by atoms with E-state index in [1.54, 1.807) is 14.0 Å². The van der Waals surface area contributed by atoms with E-state index in [1.807, 2.05) is 0 Å². The topological polar surface area (TPSA) is 90.9 Å². The van der Waals surface area contributed by atoms with Crippen LogP contribution in [0.4, 0.5) is 0 Å². The summed E-state index contributed by atoms with van der Waals surface area (Å²) >= 11 is 0. The highest BCUT2D eigenvalue weighted by Crippen LogP contribution is 2.00. The van der Waals surface area contributed by atoms with Gasteiger partial charge in [-0.1, -0.05) is 6.42 Å². The van der Waals surface area contributed by atoms with Crippen LogP contribution in [0, 0.1) is 0 Å². The maximum Gasteiger partial charge on any atom is 0.129 e. The van der Waals surface area contributed by atoms with Crippen LogP contribution in [0.3, 0.4) is 0 Å². The van der Waals surface area contributed by atoms with Crippen LogP contribution in [0.2, 0.25) is 0 Å². The SMILES string of the molecule is COCCOCCOCCOCCOCCOCCOCCOCCCCCC(C)=O. The minimum Gasteiger partial charge on any atom is -0.382 e. The van der Waals surface area contributed by atoms with Gasteiger partial charge in [0.2, 0.25) is 0 Å². The molecule has 0 aliphatic rings. The zero-order chi connectivity index (χ0) is 22.7. The zero-order valence-electron chi connectivity index (χ0n) is 19.6. The Kier molecular flexibility index (Phi) is 26.8. The van der Waals surface area contributed by atoms with Gasteiger partial charge in [-0.2, -0.15) is 0 Å². The van der Waals surface area contributed by atoms with Crippen molar-refractivity contribution in [3.8, 4) is 0 Å². The van der Waals surface area contributed by atoms with E-state index in [9.17, 15) is 4.79 Å². The van der Waals surface area contributed by atoms with Gasteiger partial charge in [-0.15, -0.1) is 0 Å². The van der Waals surface area contributed by atoms with Crippen molar-refractivity contribution in [3.05, 3.63) is 0 Å². The van der Waals surface area contributed by atoms with Gasteiger partial charge < -0.3 is 42.7 Å². The van der Waals surface area contributed by atoms with Crippen LogP contribution in [0.5, 0.6) is 0 Å². The average Bonchev–Trinajstić information content (AvgIpc) is 2.76. The lowest BCUT2D eigenvalue weighted by Crippen LogP contribution is -2.14. The lowest BCUT2D eigenvalue weighted by Gasteiger charge is -2.08. The first-order valence-corrected chi connectivity index (χ1v) is 11.3. The van der Waals surface area contributed by atoms with E-state index in [1.165, 1.54) is 0 Å². The van der Waals surface area contributed by atoms with Crippen LogP contribution in [0.25, 0.3) is 0 Å². The van der Waals surface area contributed by atoms with Gasteiger partial charge in [0.25, 0.3) is 0 Å². The van der Waals surface area contributed by atoms with Gasteiger partial charge in [0.1, 0.15) is 5.78 Å². The van der Waals surface area contributed by atoms with Crippen molar-refractivity contribution in [1.29, 1.82) is 0 Å². The lowest BCUT2D eigenvalue weighted by atomic mass is 10.1. The van der Waals surface area contributed by atoms with Crippen LogP contribution in [0.15, 0.2) is 0 Å². The summed E-state index contributed by atoms with van der Waals surface area (Å²) in [5, 5.41) is 0. The molecule has 186 valence electrons. The maximum atomic E-state index is 10.8. The molecule has 0 radical (unpaired) electrons. The number of Topliss-reactive ketones (excluding diaryl/α,β-unsaturated/α-hetero) is 1. The van der Waals surface area contributed by atoms with Crippen molar-refractivity contribution in [2.45, 2.75) is 32.6 Å². The Bertz CT molecular complexity index is 356. The summed E-state index contributed by atoms with van der Waals surface area (Å²) in [6.45, 7) is 10.1. The Morgan fingerprint density at radius 1 is 0.452 bits per heavy atom. The van der Waals surface area contributed by atoms with Gasteiger partial charge in [0, 0.05) is 20.1 Å². The quantitative estimate of drug-likeness (QED) is 0.173. The van der Waals surface area contributed by atoms with Gasteiger partial charge in [0.15, 0.2) is 0 Å². The third-order valence-corrected chi connectivity index (χ3v) is 3.98. The van der Waals surface area contributed by atoms with Crippen LogP contribution in [0.1, 0.15) is 32.6 Å². The van der Waals surface area contributed by atoms with Gasteiger partial charge in [-0.3, -0.25) is 0 Å². The first kappa shape index (κ1) is 30.4. The average molecular weight is 453 g/mol. The van der Waals surface area contributed by atoms with E-state index in [4.69, 9.17) is 37.9 Å². The summed E-state index contributed by atoms with van der Waals surface area (Å²) in [5.41, 5.74) is 0. The van der Waals surface area contributed by atoms with E-state index >= 15 is 0 Å². The molecule has 0 atom stereocenters. The fourth-order valence-electron chi connectivity index (χ4n) is 2.32. The molecule has 0 unspecified atom stereocenters. The first-order valence-electron chi connectivity index (χ1n) is 11.3. The molecule has 0 saturated heterocycles.